The van der Waals surface area contributed by atoms with Crippen molar-refractivity contribution in [3.63, 3.8) is 0 Å². The summed E-state index contributed by atoms with van der Waals surface area (Å²) in [7, 11) is 1.43. The minimum absolute atomic E-state index is 0.108. The van der Waals surface area contributed by atoms with Gasteiger partial charge in [0.25, 0.3) is 5.91 Å². The number of anilines is 2. The van der Waals surface area contributed by atoms with Crippen LogP contribution in [0, 0.1) is 5.92 Å². The quantitative estimate of drug-likeness (QED) is 0.214. The number of nitrogens with two attached hydrogens (primary N) is 1. The number of nitrogen functional groups attached to an aromatic ring is 1. The van der Waals surface area contributed by atoms with Gasteiger partial charge in [-0.1, -0.05) is 49.4 Å². The van der Waals surface area contributed by atoms with Crippen LogP contribution in [0.4, 0.5) is 16.2 Å². The van der Waals surface area contributed by atoms with Gasteiger partial charge in [-0.3, -0.25) is 14.9 Å². The highest BCUT2D eigenvalue weighted by Crippen LogP contribution is 2.35. The second-order valence-electron chi connectivity index (χ2n) is 8.61. The second kappa shape index (κ2) is 13.5. The normalized spacial score (nSPS) is 12.4. The zero-order chi connectivity index (χ0) is 27.5. The van der Waals surface area contributed by atoms with Crippen LogP contribution in [0.25, 0.3) is 0 Å². The third-order valence-electron chi connectivity index (χ3n) is 5.81. The predicted molar refractivity (Wildman–Crippen MR) is 145 cm³/mol. The van der Waals surface area contributed by atoms with Crippen LogP contribution in [0.1, 0.15) is 41.8 Å². The zero-order valence-corrected chi connectivity index (χ0v) is 21.2. The first kappa shape index (κ1) is 27.8. The summed E-state index contributed by atoms with van der Waals surface area (Å²) in [5, 5.41) is 15.2. The fourth-order valence-electron chi connectivity index (χ4n) is 3.78. The number of aromatic hydroxyl groups is 1. The number of methoxy groups -OCH3 is 1. The number of phenols is 1. The Bertz CT molecular complexity index is 1290. The molecule has 0 aliphatic rings. The number of rotatable bonds is 10. The van der Waals surface area contributed by atoms with Gasteiger partial charge in [-0.2, -0.15) is 0 Å². The molecule has 3 amide bonds. The Morgan fingerprint density at radius 1 is 1.03 bits per heavy atom. The van der Waals surface area contributed by atoms with E-state index in [1.54, 1.807) is 72.8 Å². The topological polar surface area (TPSA) is 140 Å². The van der Waals surface area contributed by atoms with Gasteiger partial charge in [-0.05, 0) is 66.8 Å². The number of hydrogen-bond donors (Lipinski definition) is 4. The lowest BCUT2D eigenvalue weighted by Gasteiger charge is -2.25. The Hall–Kier alpha value is -4.79. The van der Waals surface area contributed by atoms with E-state index in [4.69, 9.17) is 15.2 Å². The van der Waals surface area contributed by atoms with Crippen LogP contribution in [0.3, 0.4) is 0 Å². The van der Waals surface area contributed by atoms with Gasteiger partial charge in [-0.15, -0.1) is 0 Å². The molecule has 0 aliphatic carbocycles. The van der Waals surface area contributed by atoms with Gasteiger partial charge in [0.15, 0.2) is 11.5 Å². The summed E-state index contributed by atoms with van der Waals surface area (Å²) in [5.41, 5.74) is 7.69. The van der Waals surface area contributed by atoms with Gasteiger partial charge in [0.2, 0.25) is 5.91 Å². The molecule has 0 spiro atoms. The van der Waals surface area contributed by atoms with E-state index in [0.29, 0.717) is 35.3 Å². The number of nitrogens with one attached hydrogen (secondary N) is 2. The molecule has 0 heterocycles. The minimum Gasteiger partial charge on any atom is -0.504 e. The van der Waals surface area contributed by atoms with Crippen LogP contribution in [0.15, 0.2) is 84.9 Å². The van der Waals surface area contributed by atoms with Crippen molar-refractivity contribution in [2.24, 2.45) is 5.92 Å². The van der Waals surface area contributed by atoms with Gasteiger partial charge < -0.3 is 25.6 Å². The summed E-state index contributed by atoms with van der Waals surface area (Å²) in [5.74, 6) is -0.979. The van der Waals surface area contributed by atoms with E-state index < -0.39 is 18.1 Å². The first-order chi connectivity index (χ1) is 18.3. The van der Waals surface area contributed by atoms with Crippen LogP contribution in [-0.2, 0) is 9.53 Å². The summed E-state index contributed by atoms with van der Waals surface area (Å²) >= 11 is 0. The number of carbonyl (C=O) groups is 3. The molecule has 3 aromatic carbocycles. The maximum Gasteiger partial charge on any atom is 0.414 e. The smallest absolute Gasteiger partial charge is 0.414 e. The molecule has 0 aliphatic heterocycles. The molecule has 38 heavy (non-hydrogen) atoms. The fourth-order valence-corrected chi connectivity index (χ4v) is 3.78. The first-order valence-corrected chi connectivity index (χ1v) is 12.0. The Morgan fingerprint density at radius 3 is 2.42 bits per heavy atom. The van der Waals surface area contributed by atoms with E-state index in [0.717, 1.165) is 0 Å². The van der Waals surface area contributed by atoms with E-state index in [1.807, 2.05) is 6.92 Å². The van der Waals surface area contributed by atoms with Crippen LogP contribution >= 0.6 is 0 Å². The Morgan fingerprint density at radius 2 is 1.74 bits per heavy atom. The van der Waals surface area contributed by atoms with E-state index >= 15 is 0 Å². The van der Waals surface area contributed by atoms with Crippen molar-refractivity contribution in [2.45, 2.75) is 25.9 Å². The Kier molecular flexibility index (Phi) is 9.87. The van der Waals surface area contributed by atoms with Crippen molar-refractivity contribution < 1.29 is 29.0 Å². The number of amides is 3. The SMILES string of the molecule is COc1ccc([C@@H](OC(=O)NC(=O)c2ccccc2)[C@H](C)CC/C=C/C(=O)Nc2ccccc2N)cc1O. The van der Waals surface area contributed by atoms with E-state index in [2.05, 4.69) is 10.6 Å². The monoisotopic (exact) mass is 517 g/mol. The zero-order valence-electron chi connectivity index (χ0n) is 21.2. The highest BCUT2D eigenvalue weighted by atomic mass is 16.6. The molecule has 2 atom stereocenters. The molecular formula is C29H31N3O6. The number of allylic oxidation sites excluding steroid dienone is 1. The molecule has 0 radical (unpaired) electrons. The predicted octanol–water partition coefficient (Wildman–Crippen LogP) is 5.20. The number of para-hydroxylation sites is 2. The second-order valence-corrected chi connectivity index (χ2v) is 8.61. The summed E-state index contributed by atoms with van der Waals surface area (Å²) in [6, 6.07) is 20.0. The molecule has 5 N–H and O–H groups in total. The third kappa shape index (κ3) is 7.86. The van der Waals surface area contributed by atoms with Crippen LogP contribution < -0.4 is 21.1 Å². The average molecular weight is 518 g/mol. The van der Waals surface area contributed by atoms with Crippen LogP contribution in [-0.4, -0.2) is 30.1 Å². The molecule has 198 valence electrons. The van der Waals surface area contributed by atoms with Gasteiger partial charge in [0, 0.05) is 5.56 Å². The third-order valence-corrected chi connectivity index (χ3v) is 5.81. The molecule has 0 saturated heterocycles. The van der Waals surface area contributed by atoms with Gasteiger partial charge in [-0.25, -0.2) is 4.79 Å². The highest BCUT2D eigenvalue weighted by Gasteiger charge is 2.25. The van der Waals surface area contributed by atoms with Crippen molar-refractivity contribution in [1.29, 1.82) is 0 Å². The maximum atomic E-state index is 12.6. The van der Waals surface area contributed by atoms with Crippen molar-refractivity contribution in [1.82, 2.24) is 5.32 Å². The molecule has 0 bridgehead atoms. The molecular weight excluding hydrogens is 486 g/mol. The van der Waals surface area contributed by atoms with Gasteiger partial charge >= 0.3 is 6.09 Å². The standard InChI is InChI=1S/C29H31N3O6/c1-19(10-6-9-15-26(34)31-23-14-8-7-13-22(23)30)27(21-16-17-25(37-2)24(33)18-21)38-29(36)32-28(35)20-11-4-3-5-12-20/h3-5,7-9,11-19,27,33H,6,10,30H2,1-2H3,(H,31,34)(H,32,35,36)/b15-9+/t19-,27+/m1/s1. The molecule has 9 nitrogen and oxygen atoms in total. The summed E-state index contributed by atoms with van der Waals surface area (Å²) in [4.78, 5) is 37.2. The van der Waals surface area contributed by atoms with E-state index in [9.17, 15) is 19.5 Å². The minimum atomic E-state index is -0.915. The number of alkyl carbamates (subject to hydrolysis) is 1. The molecule has 9 heteroatoms. The first-order valence-electron chi connectivity index (χ1n) is 12.0. The van der Waals surface area contributed by atoms with Gasteiger partial charge in [0.1, 0.15) is 6.10 Å². The van der Waals surface area contributed by atoms with E-state index in [-0.39, 0.29) is 23.3 Å². The number of ether oxygens (including phenoxy) is 2. The van der Waals surface area contributed by atoms with Crippen LogP contribution in [0.5, 0.6) is 11.5 Å². The average Bonchev–Trinajstić information content (AvgIpc) is 2.91. The number of phenolic OH excluding ortho intramolecular Hbond substituents is 1. The van der Waals surface area contributed by atoms with Crippen LogP contribution in [0.2, 0.25) is 0 Å². The molecule has 0 unspecified atom stereocenters. The summed E-state index contributed by atoms with van der Waals surface area (Å²) < 4.78 is 10.8. The largest absolute Gasteiger partial charge is 0.504 e. The highest BCUT2D eigenvalue weighted by molar-refractivity contribution is 6.03. The lowest BCUT2D eigenvalue weighted by atomic mass is 9.92. The molecule has 3 aromatic rings. The fraction of sp³-hybridized carbons (Fsp3) is 0.207. The van der Waals surface area contributed by atoms with Crippen molar-refractivity contribution in [3.05, 3.63) is 96.1 Å². The van der Waals surface area contributed by atoms with Crippen molar-refractivity contribution >= 4 is 29.3 Å². The number of hydrogen-bond acceptors (Lipinski definition) is 7. The Labute approximate surface area is 221 Å². The lowest BCUT2D eigenvalue weighted by Crippen LogP contribution is -2.33. The van der Waals surface area contributed by atoms with E-state index in [1.165, 1.54) is 19.3 Å². The summed E-state index contributed by atoms with van der Waals surface area (Å²) in [6.07, 6.45) is 2.47. The molecule has 3 rings (SSSR count). The number of benzene rings is 3. The molecule has 0 saturated carbocycles. The molecule has 0 fully saturated rings. The lowest BCUT2D eigenvalue weighted by molar-refractivity contribution is -0.111. The molecule has 0 aromatic heterocycles. The summed E-state index contributed by atoms with van der Waals surface area (Å²) in [6.45, 7) is 1.87. The van der Waals surface area contributed by atoms with Crippen molar-refractivity contribution in [2.75, 3.05) is 18.2 Å². The number of carbonyl (C=O) groups excluding carboxylic acids is 3. The Balaban J connectivity index is 1.66. The number of imide groups is 1. The van der Waals surface area contributed by atoms with Gasteiger partial charge in [0.05, 0.1) is 18.5 Å². The van der Waals surface area contributed by atoms with Crippen molar-refractivity contribution in [3.8, 4) is 11.5 Å². The maximum absolute atomic E-state index is 12.6.